The zero-order valence-corrected chi connectivity index (χ0v) is 16.5. The van der Waals surface area contributed by atoms with Gasteiger partial charge in [0.2, 0.25) is 0 Å². The van der Waals surface area contributed by atoms with E-state index in [-0.39, 0.29) is 17.3 Å². The highest BCUT2D eigenvalue weighted by atomic mass is 79.9. The average Bonchev–Trinajstić information content (AvgIpc) is 3.14. The van der Waals surface area contributed by atoms with Gasteiger partial charge in [-0.3, -0.25) is 0 Å². The van der Waals surface area contributed by atoms with E-state index in [1.54, 1.807) is 13.2 Å². The predicted octanol–water partition coefficient (Wildman–Crippen LogP) is 2.74. The Morgan fingerprint density at radius 3 is 2.68 bits per heavy atom. The van der Waals surface area contributed by atoms with E-state index in [1.165, 1.54) is 6.21 Å². The number of amidine groups is 1. The molecule has 1 aromatic heterocycles. The second-order valence-electron chi connectivity index (χ2n) is 5.52. The Morgan fingerprint density at radius 2 is 2.00 bits per heavy atom. The number of anilines is 1. The van der Waals surface area contributed by atoms with Gasteiger partial charge in [-0.1, -0.05) is 34.1 Å². The van der Waals surface area contributed by atoms with Crippen molar-refractivity contribution in [1.29, 1.82) is 0 Å². The summed E-state index contributed by atoms with van der Waals surface area (Å²) in [6.45, 7) is 0.362. The highest BCUT2D eigenvalue weighted by molar-refractivity contribution is 9.10. The van der Waals surface area contributed by atoms with Crippen LogP contribution in [0.15, 0.2) is 61.8 Å². The number of nitrogens with two attached hydrogens (primary N) is 2. The van der Waals surface area contributed by atoms with Gasteiger partial charge in [0.05, 0.1) is 13.3 Å². The highest BCUT2D eigenvalue weighted by Gasteiger charge is 2.11. The van der Waals surface area contributed by atoms with Crippen molar-refractivity contribution in [3.05, 3.63) is 63.8 Å². The topological polar surface area (TPSA) is 134 Å². The lowest BCUT2D eigenvalue weighted by molar-refractivity contribution is 0.284. The van der Waals surface area contributed by atoms with Gasteiger partial charge in [-0.25, -0.2) is 4.63 Å². The maximum atomic E-state index is 5.97. The van der Waals surface area contributed by atoms with Gasteiger partial charge < -0.3 is 20.9 Å². The van der Waals surface area contributed by atoms with Gasteiger partial charge in [-0.05, 0) is 40.1 Å². The molecule has 2 aromatic carbocycles. The molecular weight excluding hydrogens is 428 g/mol. The SMILES string of the molecule is COc1cccc(/C=N/N=C(\N)c2nonc2N)c1OCc1ccc(Br)cc1. The first kappa shape index (κ1) is 19.4. The molecule has 0 unspecified atom stereocenters. The third-order valence-corrected chi connectivity index (χ3v) is 4.17. The zero-order valence-electron chi connectivity index (χ0n) is 14.9. The third-order valence-electron chi connectivity index (χ3n) is 3.64. The van der Waals surface area contributed by atoms with Crippen LogP contribution in [-0.4, -0.2) is 29.5 Å². The summed E-state index contributed by atoms with van der Waals surface area (Å²) in [4.78, 5) is 0. The molecule has 0 amide bonds. The number of hydrogen-bond donors (Lipinski definition) is 2. The summed E-state index contributed by atoms with van der Waals surface area (Å²) in [5.74, 6) is 1.13. The van der Waals surface area contributed by atoms with Crippen molar-refractivity contribution in [2.75, 3.05) is 12.8 Å². The van der Waals surface area contributed by atoms with Gasteiger partial charge in [0.15, 0.2) is 28.8 Å². The number of aromatic nitrogens is 2. The van der Waals surface area contributed by atoms with Crippen LogP contribution in [-0.2, 0) is 6.61 Å². The van der Waals surface area contributed by atoms with Crippen LogP contribution in [0, 0.1) is 0 Å². The van der Waals surface area contributed by atoms with Gasteiger partial charge in [0.1, 0.15) is 6.61 Å². The first-order valence-electron chi connectivity index (χ1n) is 8.07. The van der Waals surface area contributed by atoms with Crippen LogP contribution in [0.4, 0.5) is 5.82 Å². The van der Waals surface area contributed by atoms with Crippen molar-refractivity contribution in [3.63, 3.8) is 0 Å². The summed E-state index contributed by atoms with van der Waals surface area (Å²) in [6.07, 6.45) is 1.50. The minimum absolute atomic E-state index is 0.0183. The Bertz CT molecular complexity index is 1000. The van der Waals surface area contributed by atoms with E-state index in [4.69, 9.17) is 20.9 Å². The molecule has 0 saturated heterocycles. The van der Waals surface area contributed by atoms with E-state index < -0.39 is 0 Å². The fourth-order valence-corrected chi connectivity index (χ4v) is 2.52. The number of benzene rings is 2. The minimum atomic E-state index is -0.0183. The summed E-state index contributed by atoms with van der Waals surface area (Å²) < 4.78 is 16.8. The van der Waals surface area contributed by atoms with Crippen molar-refractivity contribution < 1.29 is 14.1 Å². The normalized spacial score (nSPS) is 11.7. The van der Waals surface area contributed by atoms with E-state index in [9.17, 15) is 0 Å². The van der Waals surface area contributed by atoms with Crippen LogP contribution in [0.1, 0.15) is 16.8 Å². The first-order chi connectivity index (χ1) is 13.6. The number of halogens is 1. The molecule has 0 aliphatic rings. The van der Waals surface area contributed by atoms with Gasteiger partial charge in [-0.15, -0.1) is 5.10 Å². The second kappa shape index (κ2) is 9.00. The molecule has 0 radical (unpaired) electrons. The molecule has 3 rings (SSSR count). The molecule has 4 N–H and O–H groups in total. The number of nitrogens with zero attached hydrogens (tertiary/aromatic N) is 4. The smallest absolute Gasteiger partial charge is 0.199 e. The largest absolute Gasteiger partial charge is 0.493 e. The molecule has 28 heavy (non-hydrogen) atoms. The summed E-state index contributed by atoms with van der Waals surface area (Å²) in [6, 6.07) is 13.3. The molecule has 0 saturated carbocycles. The van der Waals surface area contributed by atoms with Gasteiger partial charge >= 0.3 is 0 Å². The van der Waals surface area contributed by atoms with Crippen LogP contribution in [0.5, 0.6) is 11.5 Å². The molecule has 0 bridgehead atoms. The zero-order chi connectivity index (χ0) is 19.9. The molecule has 0 aliphatic carbocycles. The van der Waals surface area contributed by atoms with Crippen molar-refractivity contribution in [2.24, 2.45) is 15.9 Å². The lowest BCUT2D eigenvalue weighted by Crippen LogP contribution is -2.15. The second-order valence-corrected chi connectivity index (χ2v) is 6.44. The fraction of sp³-hybridized carbons (Fsp3) is 0.111. The summed E-state index contributed by atoms with van der Waals surface area (Å²) in [7, 11) is 1.57. The lowest BCUT2D eigenvalue weighted by atomic mass is 10.2. The number of hydrogen-bond acceptors (Lipinski definition) is 8. The summed E-state index contributed by atoms with van der Waals surface area (Å²) in [5.41, 5.74) is 13.2. The van der Waals surface area contributed by atoms with Gasteiger partial charge in [0, 0.05) is 10.0 Å². The number of methoxy groups -OCH3 is 1. The van der Waals surface area contributed by atoms with Crippen LogP contribution in [0.3, 0.4) is 0 Å². The lowest BCUT2D eigenvalue weighted by Gasteiger charge is -2.13. The molecule has 3 aromatic rings. The molecule has 10 heteroatoms. The highest BCUT2D eigenvalue weighted by Crippen LogP contribution is 2.31. The Morgan fingerprint density at radius 1 is 1.21 bits per heavy atom. The quantitative estimate of drug-likeness (QED) is 0.324. The molecule has 0 spiro atoms. The van der Waals surface area contributed by atoms with Crippen molar-refractivity contribution in [1.82, 2.24) is 10.3 Å². The van der Waals surface area contributed by atoms with Crippen LogP contribution < -0.4 is 20.9 Å². The Kier molecular flexibility index (Phi) is 6.22. The number of rotatable bonds is 7. The third kappa shape index (κ3) is 4.65. The van der Waals surface area contributed by atoms with E-state index in [1.807, 2.05) is 36.4 Å². The molecule has 9 nitrogen and oxygen atoms in total. The van der Waals surface area contributed by atoms with E-state index in [2.05, 4.69) is 41.1 Å². The Hall–Kier alpha value is -3.40. The van der Waals surface area contributed by atoms with E-state index in [0.29, 0.717) is 23.7 Å². The van der Waals surface area contributed by atoms with Crippen LogP contribution >= 0.6 is 15.9 Å². The van der Waals surface area contributed by atoms with Crippen molar-refractivity contribution in [2.45, 2.75) is 6.61 Å². The number of nitrogen functional groups attached to an aromatic ring is 1. The molecular formula is C18H17BrN6O3. The van der Waals surface area contributed by atoms with Gasteiger partial charge in [0.25, 0.3) is 0 Å². The Balaban J connectivity index is 1.80. The number of para-hydroxylation sites is 1. The summed E-state index contributed by atoms with van der Waals surface area (Å²) in [5, 5.41) is 14.8. The fourth-order valence-electron chi connectivity index (χ4n) is 2.26. The predicted molar refractivity (Wildman–Crippen MR) is 108 cm³/mol. The molecule has 144 valence electrons. The molecule has 0 atom stereocenters. The van der Waals surface area contributed by atoms with Crippen LogP contribution in [0.2, 0.25) is 0 Å². The van der Waals surface area contributed by atoms with E-state index in [0.717, 1.165) is 10.0 Å². The van der Waals surface area contributed by atoms with Crippen molar-refractivity contribution >= 4 is 33.8 Å². The van der Waals surface area contributed by atoms with Crippen molar-refractivity contribution in [3.8, 4) is 11.5 Å². The van der Waals surface area contributed by atoms with Gasteiger partial charge in [-0.2, -0.15) is 5.10 Å². The molecule has 1 heterocycles. The molecule has 0 fully saturated rings. The minimum Gasteiger partial charge on any atom is -0.493 e. The monoisotopic (exact) mass is 444 g/mol. The Labute approximate surface area is 169 Å². The number of ether oxygens (including phenoxy) is 2. The van der Waals surface area contributed by atoms with E-state index >= 15 is 0 Å². The maximum absolute atomic E-state index is 5.97. The molecule has 0 aliphatic heterocycles. The van der Waals surface area contributed by atoms with Crippen LogP contribution in [0.25, 0.3) is 0 Å². The standard InChI is InChI=1S/C18H17BrN6O3/c1-26-14-4-2-3-12(9-22-23-17(20)15-18(21)25-28-24-15)16(14)27-10-11-5-7-13(19)8-6-11/h2-9H,10H2,1H3,(H2,20,23)(H2,21,25)/b22-9+. The average molecular weight is 445 g/mol. The first-order valence-corrected chi connectivity index (χ1v) is 8.87. The summed E-state index contributed by atoms with van der Waals surface area (Å²) >= 11 is 3.41. The maximum Gasteiger partial charge on any atom is 0.199 e.